The second-order valence-corrected chi connectivity index (χ2v) is 4.52. The zero-order valence-electron chi connectivity index (χ0n) is 10.6. The summed E-state index contributed by atoms with van der Waals surface area (Å²) in [6.07, 6.45) is 0. The fourth-order valence-corrected chi connectivity index (χ4v) is 1.96. The van der Waals surface area contributed by atoms with Gasteiger partial charge in [-0.3, -0.25) is 0 Å². The first kappa shape index (κ1) is 14.1. The second kappa shape index (κ2) is 5.79. The first-order valence-electron chi connectivity index (χ1n) is 5.73. The van der Waals surface area contributed by atoms with E-state index in [0.717, 1.165) is 0 Å². The molecule has 0 bridgehead atoms. The largest absolute Gasteiger partial charge is 0.457 e. The number of benzene rings is 2. The van der Waals surface area contributed by atoms with Gasteiger partial charge >= 0.3 is 0 Å². The van der Waals surface area contributed by atoms with Gasteiger partial charge in [-0.15, -0.1) is 0 Å². The van der Waals surface area contributed by atoms with E-state index >= 15 is 0 Å². The van der Waals surface area contributed by atoms with Crippen LogP contribution in [0.2, 0.25) is 5.02 Å². The molecular weight excluding hydrogens is 283 g/mol. The Balaban J connectivity index is 2.43. The standard InChI is InChI=1S/C14H12ClFN2O2/c1-8-7-9(5-6-11(8)16)20-12-4-2-3-10(15)13(12)14(17)18-19/h2-7,19H,1H3,(H2,17,18). The van der Waals surface area contributed by atoms with Crippen LogP contribution in [0.4, 0.5) is 4.39 Å². The van der Waals surface area contributed by atoms with Crippen molar-refractivity contribution in [2.75, 3.05) is 0 Å². The summed E-state index contributed by atoms with van der Waals surface area (Å²) in [6, 6.07) is 9.22. The van der Waals surface area contributed by atoms with Crippen molar-refractivity contribution in [1.82, 2.24) is 0 Å². The number of nitrogens with two attached hydrogens (primary N) is 1. The number of nitrogens with zero attached hydrogens (tertiary/aromatic N) is 1. The lowest BCUT2D eigenvalue weighted by Crippen LogP contribution is -2.14. The second-order valence-electron chi connectivity index (χ2n) is 4.11. The lowest BCUT2D eigenvalue weighted by Gasteiger charge is -2.12. The highest BCUT2D eigenvalue weighted by Crippen LogP contribution is 2.30. The van der Waals surface area contributed by atoms with E-state index in [1.807, 2.05) is 0 Å². The highest BCUT2D eigenvalue weighted by atomic mass is 35.5. The fraction of sp³-hybridized carbons (Fsp3) is 0.0714. The monoisotopic (exact) mass is 294 g/mol. The van der Waals surface area contributed by atoms with Crippen LogP contribution in [0.1, 0.15) is 11.1 Å². The Labute approximate surface area is 120 Å². The number of hydrogen-bond donors (Lipinski definition) is 2. The molecule has 0 atom stereocenters. The van der Waals surface area contributed by atoms with E-state index in [0.29, 0.717) is 17.1 Å². The molecule has 0 aliphatic heterocycles. The van der Waals surface area contributed by atoms with Gasteiger partial charge in [0.25, 0.3) is 0 Å². The van der Waals surface area contributed by atoms with E-state index in [1.54, 1.807) is 31.2 Å². The smallest absolute Gasteiger partial charge is 0.175 e. The number of oxime groups is 1. The van der Waals surface area contributed by atoms with Gasteiger partial charge in [-0.2, -0.15) is 0 Å². The van der Waals surface area contributed by atoms with Crippen molar-refractivity contribution < 1.29 is 14.3 Å². The van der Waals surface area contributed by atoms with Crippen LogP contribution in [-0.4, -0.2) is 11.0 Å². The third-order valence-corrected chi connectivity index (χ3v) is 3.01. The van der Waals surface area contributed by atoms with E-state index in [9.17, 15) is 4.39 Å². The zero-order chi connectivity index (χ0) is 14.7. The molecule has 0 aliphatic carbocycles. The maximum atomic E-state index is 13.2. The maximum Gasteiger partial charge on any atom is 0.175 e. The average Bonchev–Trinajstić information content (AvgIpc) is 2.42. The average molecular weight is 295 g/mol. The molecule has 0 spiro atoms. The van der Waals surface area contributed by atoms with Gasteiger partial charge in [-0.05, 0) is 42.8 Å². The molecule has 0 unspecified atom stereocenters. The summed E-state index contributed by atoms with van der Waals surface area (Å²) in [6.45, 7) is 1.63. The summed E-state index contributed by atoms with van der Waals surface area (Å²) < 4.78 is 18.8. The molecule has 0 saturated heterocycles. The first-order chi connectivity index (χ1) is 9.52. The fourth-order valence-electron chi connectivity index (χ4n) is 1.70. The van der Waals surface area contributed by atoms with Crippen LogP contribution in [-0.2, 0) is 0 Å². The maximum absolute atomic E-state index is 13.2. The summed E-state index contributed by atoms with van der Waals surface area (Å²) in [7, 11) is 0. The molecular formula is C14H12ClFN2O2. The topological polar surface area (TPSA) is 67.8 Å². The van der Waals surface area contributed by atoms with Gasteiger partial charge in [0.05, 0.1) is 10.6 Å². The van der Waals surface area contributed by atoms with Gasteiger partial charge < -0.3 is 15.7 Å². The third kappa shape index (κ3) is 2.83. The Morgan fingerprint density at radius 1 is 1.35 bits per heavy atom. The summed E-state index contributed by atoms with van der Waals surface area (Å²) in [5.74, 6) is 0.265. The molecule has 2 aromatic rings. The van der Waals surface area contributed by atoms with Crippen LogP contribution in [0.15, 0.2) is 41.6 Å². The summed E-state index contributed by atoms with van der Waals surface area (Å²) in [5.41, 5.74) is 6.31. The van der Waals surface area contributed by atoms with Crippen LogP contribution < -0.4 is 10.5 Å². The van der Waals surface area contributed by atoms with E-state index in [4.69, 9.17) is 27.3 Å². The highest BCUT2D eigenvalue weighted by Gasteiger charge is 2.14. The molecule has 0 radical (unpaired) electrons. The summed E-state index contributed by atoms with van der Waals surface area (Å²) in [5, 5.41) is 12.0. The third-order valence-electron chi connectivity index (χ3n) is 2.70. The number of amidine groups is 1. The van der Waals surface area contributed by atoms with Crippen molar-refractivity contribution >= 4 is 17.4 Å². The minimum Gasteiger partial charge on any atom is -0.457 e. The van der Waals surface area contributed by atoms with E-state index in [2.05, 4.69) is 5.16 Å². The molecule has 0 heterocycles. The molecule has 0 aromatic heterocycles. The van der Waals surface area contributed by atoms with Gasteiger partial charge in [0, 0.05) is 0 Å². The molecule has 3 N–H and O–H groups in total. The van der Waals surface area contributed by atoms with Crippen LogP contribution in [0.25, 0.3) is 0 Å². The van der Waals surface area contributed by atoms with E-state index in [-0.39, 0.29) is 22.2 Å². The van der Waals surface area contributed by atoms with Crippen molar-refractivity contribution in [2.24, 2.45) is 10.9 Å². The van der Waals surface area contributed by atoms with E-state index in [1.165, 1.54) is 12.1 Å². The normalized spacial score (nSPS) is 11.4. The van der Waals surface area contributed by atoms with Crippen LogP contribution >= 0.6 is 11.6 Å². The first-order valence-corrected chi connectivity index (χ1v) is 6.11. The summed E-state index contributed by atoms with van der Waals surface area (Å²) in [4.78, 5) is 0. The van der Waals surface area contributed by atoms with Crippen LogP contribution in [0.3, 0.4) is 0 Å². The molecule has 2 aromatic carbocycles. The lowest BCUT2D eigenvalue weighted by molar-refractivity contribution is 0.318. The number of rotatable bonds is 3. The van der Waals surface area contributed by atoms with Crippen molar-refractivity contribution in [2.45, 2.75) is 6.92 Å². The molecule has 2 rings (SSSR count). The number of aryl methyl sites for hydroxylation is 1. The van der Waals surface area contributed by atoms with Crippen LogP contribution in [0.5, 0.6) is 11.5 Å². The minimum absolute atomic E-state index is 0.163. The van der Waals surface area contributed by atoms with Crippen LogP contribution in [0, 0.1) is 12.7 Å². The number of ether oxygens (including phenoxy) is 1. The van der Waals surface area contributed by atoms with Gasteiger partial charge in [0.15, 0.2) is 5.84 Å². The zero-order valence-corrected chi connectivity index (χ0v) is 11.4. The highest BCUT2D eigenvalue weighted by molar-refractivity contribution is 6.34. The molecule has 20 heavy (non-hydrogen) atoms. The van der Waals surface area contributed by atoms with Gasteiger partial charge in [0.1, 0.15) is 17.3 Å². The quantitative estimate of drug-likeness (QED) is 0.393. The summed E-state index contributed by atoms with van der Waals surface area (Å²) >= 11 is 6.01. The van der Waals surface area contributed by atoms with Crippen molar-refractivity contribution in [3.05, 3.63) is 58.4 Å². The van der Waals surface area contributed by atoms with Crippen molar-refractivity contribution in [3.8, 4) is 11.5 Å². The predicted molar refractivity (Wildman–Crippen MR) is 75.2 cm³/mol. The Hall–Kier alpha value is -2.27. The van der Waals surface area contributed by atoms with E-state index < -0.39 is 0 Å². The van der Waals surface area contributed by atoms with Gasteiger partial charge in [-0.1, -0.05) is 22.8 Å². The molecule has 104 valence electrons. The predicted octanol–water partition coefficient (Wildman–Crippen LogP) is 3.67. The van der Waals surface area contributed by atoms with Gasteiger partial charge in [0.2, 0.25) is 0 Å². The minimum atomic E-state index is -0.319. The van der Waals surface area contributed by atoms with Crippen molar-refractivity contribution in [1.29, 1.82) is 0 Å². The Morgan fingerprint density at radius 3 is 2.75 bits per heavy atom. The Bertz CT molecular complexity index is 674. The molecule has 0 saturated carbocycles. The van der Waals surface area contributed by atoms with Gasteiger partial charge in [-0.25, -0.2) is 4.39 Å². The lowest BCUT2D eigenvalue weighted by atomic mass is 10.1. The molecule has 0 amide bonds. The molecule has 0 fully saturated rings. The SMILES string of the molecule is Cc1cc(Oc2cccc(Cl)c2/C(N)=N/O)ccc1F. The Kier molecular flexibility index (Phi) is 4.10. The molecule has 0 aliphatic rings. The number of halogens is 2. The molecule has 6 heteroatoms. The molecule has 4 nitrogen and oxygen atoms in total. The Morgan fingerprint density at radius 2 is 2.10 bits per heavy atom. The number of hydrogen-bond acceptors (Lipinski definition) is 3. The van der Waals surface area contributed by atoms with Crippen molar-refractivity contribution in [3.63, 3.8) is 0 Å².